The SMILES string of the molecule is CCCCOc1ccc(/C=N\Nc2cccc(C(=O)O)c2)cc1OC. The summed E-state index contributed by atoms with van der Waals surface area (Å²) in [6.07, 6.45) is 3.69. The normalized spacial score (nSPS) is 10.6. The Labute approximate surface area is 147 Å². The maximum atomic E-state index is 11.0. The van der Waals surface area contributed by atoms with E-state index in [2.05, 4.69) is 17.5 Å². The first-order valence-electron chi connectivity index (χ1n) is 8.07. The molecule has 0 saturated carbocycles. The standard InChI is InChI=1S/C19H22N2O4/c1-3-4-10-25-17-9-8-14(11-18(17)24-2)13-20-21-16-7-5-6-15(12-16)19(22)23/h5-9,11-13,21H,3-4,10H2,1-2H3,(H,22,23)/b20-13-. The smallest absolute Gasteiger partial charge is 0.335 e. The third-order valence-corrected chi connectivity index (χ3v) is 3.46. The van der Waals surface area contributed by atoms with Crippen molar-refractivity contribution in [1.82, 2.24) is 0 Å². The van der Waals surface area contributed by atoms with Crippen LogP contribution in [0.5, 0.6) is 11.5 Å². The number of nitrogens with zero attached hydrogens (tertiary/aromatic N) is 1. The van der Waals surface area contributed by atoms with Crippen molar-refractivity contribution in [2.75, 3.05) is 19.1 Å². The van der Waals surface area contributed by atoms with E-state index in [0.717, 1.165) is 18.4 Å². The average molecular weight is 342 g/mol. The number of anilines is 1. The lowest BCUT2D eigenvalue weighted by Crippen LogP contribution is -2.00. The van der Waals surface area contributed by atoms with Crippen LogP contribution in [-0.2, 0) is 0 Å². The summed E-state index contributed by atoms with van der Waals surface area (Å²) in [5.74, 6) is 0.374. The predicted molar refractivity (Wildman–Crippen MR) is 98.0 cm³/mol. The van der Waals surface area contributed by atoms with Crippen molar-refractivity contribution in [1.29, 1.82) is 0 Å². The monoisotopic (exact) mass is 342 g/mol. The molecule has 0 spiro atoms. The van der Waals surface area contributed by atoms with Gasteiger partial charge in [0.05, 0.1) is 31.2 Å². The Hall–Kier alpha value is -3.02. The van der Waals surface area contributed by atoms with Crippen LogP contribution in [0.3, 0.4) is 0 Å². The number of carbonyl (C=O) groups is 1. The molecule has 0 amide bonds. The summed E-state index contributed by atoms with van der Waals surface area (Å²) >= 11 is 0. The highest BCUT2D eigenvalue weighted by molar-refractivity contribution is 5.89. The third kappa shape index (κ3) is 5.53. The van der Waals surface area contributed by atoms with Crippen molar-refractivity contribution in [3.63, 3.8) is 0 Å². The zero-order valence-electron chi connectivity index (χ0n) is 14.4. The number of carboxylic acid groups (broad SMARTS) is 1. The highest BCUT2D eigenvalue weighted by Gasteiger charge is 2.05. The van der Waals surface area contributed by atoms with E-state index in [1.54, 1.807) is 25.5 Å². The van der Waals surface area contributed by atoms with E-state index in [-0.39, 0.29) is 5.56 Å². The fourth-order valence-corrected chi connectivity index (χ4v) is 2.11. The zero-order valence-corrected chi connectivity index (χ0v) is 14.4. The second kappa shape index (κ2) is 9.32. The molecule has 0 aliphatic carbocycles. The molecule has 0 heterocycles. The molecule has 25 heavy (non-hydrogen) atoms. The third-order valence-electron chi connectivity index (χ3n) is 3.46. The van der Waals surface area contributed by atoms with Gasteiger partial charge in [-0.05, 0) is 48.4 Å². The number of hydrogen-bond donors (Lipinski definition) is 2. The van der Waals surface area contributed by atoms with E-state index < -0.39 is 5.97 Å². The Morgan fingerprint density at radius 3 is 2.80 bits per heavy atom. The Kier molecular flexibility index (Phi) is 6.83. The zero-order chi connectivity index (χ0) is 18.1. The lowest BCUT2D eigenvalue weighted by atomic mass is 10.2. The quantitative estimate of drug-likeness (QED) is 0.409. The molecule has 132 valence electrons. The maximum Gasteiger partial charge on any atom is 0.335 e. The second-order valence-corrected chi connectivity index (χ2v) is 5.37. The molecule has 6 heteroatoms. The van der Waals surface area contributed by atoms with Gasteiger partial charge in [0.1, 0.15) is 0 Å². The van der Waals surface area contributed by atoms with Gasteiger partial charge in [0.2, 0.25) is 0 Å². The summed E-state index contributed by atoms with van der Waals surface area (Å²) in [6, 6.07) is 12.0. The van der Waals surface area contributed by atoms with Crippen molar-refractivity contribution in [2.45, 2.75) is 19.8 Å². The number of hydrazone groups is 1. The maximum absolute atomic E-state index is 11.0. The number of benzene rings is 2. The summed E-state index contributed by atoms with van der Waals surface area (Å²) in [4.78, 5) is 11.0. The Morgan fingerprint density at radius 1 is 1.24 bits per heavy atom. The van der Waals surface area contributed by atoms with Gasteiger partial charge in [-0.25, -0.2) is 4.79 Å². The van der Waals surface area contributed by atoms with Crippen LogP contribution < -0.4 is 14.9 Å². The van der Waals surface area contributed by atoms with Gasteiger partial charge in [-0.2, -0.15) is 5.10 Å². The average Bonchev–Trinajstić information content (AvgIpc) is 2.63. The number of carboxylic acids is 1. The van der Waals surface area contributed by atoms with E-state index in [4.69, 9.17) is 14.6 Å². The van der Waals surface area contributed by atoms with Crippen LogP contribution in [0.4, 0.5) is 5.69 Å². The highest BCUT2D eigenvalue weighted by Crippen LogP contribution is 2.27. The molecule has 0 aliphatic rings. The van der Waals surface area contributed by atoms with Crippen LogP contribution >= 0.6 is 0 Å². The number of ether oxygens (including phenoxy) is 2. The molecule has 0 radical (unpaired) electrons. The molecular formula is C19H22N2O4. The van der Waals surface area contributed by atoms with Crippen LogP contribution in [0.1, 0.15) is 35.7 Å². The predicted octanol–water partition coefficient (Wildman–Crippen LogP) is 4.02. The van der Waals surface area contributed by atoms with Gasteiger partial charge in [0.15, 0.2) is 11.5 Å². The van der Waals surface area contributed by atoms with Crippen molar-refractivity contribution in [3.05, 3.63) is 53.6 Å². The summed E-state index contributed by atoms with van der Waals surface area (Å²) in [7, 11) is 1.60. The lowest BCUT2D eigenvalue weighted by Gasteiger charge is -2.10. The number of methoxy groups -OCH3 is 1. The minimum atomic E-state index is -0.976. The van der Waals surface area contributed by atoms with E-state index in [0.29, 0.717) is 23.8 Å². The largest absolute Gasteiger partial charge is 0.493 e. The highest BCUT2D eigenvalue weighted by atomic mass is 16.5. The molecule has 2 aromatic carbocycles. The fourth-order valence-electron chi connectivity index (χ4n) is 2.11. The topological polar surface area (TPSA) is 80.2 Å². The number of rotatable bonds is 9. The van der Waals surface area contributed by atoms with Gasteiger partial charge in [-0.1, -0.05) is 19.4 Å². The summed E-state index contributed by atoms with van der Waals surface area (Å²) < 4.78 is 11.0. The van der Waals surface area contributed by atoms with E-state index in [1.807, 2.05) is 18.2 Å². The molecule has 0 aliphatic heterocycles. The van der Waals surface area contributed by atoms with E-state index >= 15 is 0 Å². The molecule has 0 bridgehead atoms. The van der Waals surface area contributed by atoms with Crippen molar-refractivity contribution in [3.8, 4) is 11.5 Å². The van der Waals surface area contributed by atoms with Gasteiger partial charge in [-0.15, -0.1) is 0 Å². The van der Waals surface area contributed by atoms with Crippen LogP contribution in [-0.4, -0.2) is 31.0 Å². The first-order chi connectivity index (χ1) is 12.1. The van der Waals surface area contributed by atoms with Crippen LogP contribution in [0.15, 0.2) is 47.6 Å². The van der Waals surface area contributed by atoms with Crippen LogP contribution in [0.25, 0.3) is 0 Å². The van der Waals surface area contributed by atoms with Crippen LogP contribution in [0, 0.1) is 0 Å². The molecule has 0 fully saturated rings. The van der Waals surface area contributed by atoms with E-state index in [9.17, 15) is 4.79 Å². The fraction of sp³-hybridized carbons (Fsp3) is 0.263. The number of nitrogens with one attached hydrogen (secondary N) is 1. The van der Waals surface area contributed by atoms with Gasteiger partial charge in [-0.3, -0.25) is 5.43 Å². The Balaban J connectivity index is 2.03. The molecule has 2 N–H and O–H groups in total. The molecule has 0 saturated heterocycles. The van der Waals surface area contributed by atoms with E-state index in [1.165, 1.54) is 12.1 Å². The number of aromatic carboxylic acids is 1. The first-order valence-corrected chi connectivity index (χ1v) is 8.07. The Morgan fingerprint density at radius 2 is 2.08 bits per heavy atom. The lowest BCUT2D eigenvalue weighted by molar-refractivity contribution is 0.0697. The molecule has 0 atom stereocenters. The number of unbranched alkanes of at least 4 members (excludes halogenated alkanes) is 1. The van der Waals surface area contributed by atoms with Crippen molar-refractivity contribution < 1.29 is 19.4 Å². The van der Waals surface area contributed by atoms with Crippen molar-refractivity contribution >= 4 is 17.9 Å². The van der Waals surface area contributed by atoms with Gasteiger partial charge < -0.3 is 14.6 Å². The second-order valence-electron chi connectivity index (χ2n) is 5.37. The molecule has 2 rings (SSSR count). The molecule has 2 aromatic rings. The molecular weight excluding hydrogens is 320 g/mol. The van der Waals surface area contributed by atoms with Gasteiger partial charge >= 0.3 is 5.97 Å². The molecule has 0 unspecified atom stereocenters. The summed E-state index contributed by atoms with van der Waals surface area (Å²) in [6.45, 7) is 2.76. The summed E-state index contributed by atoms with van der Waals surface area (Å²) in [5, 5.41) is 13.1. The van der Waals surface area contributed by atoms with Gasteiger partial charge in [0.25, 0.3) is 0 Å². The minimum absolute atomic E-state index is 0.204. The Bertz CT molecular complexity index is 744. The molecule has 6 nitrogen and oxygen atoms in total. The van der Waals surface area contributed by atoms with Gasteiger partial charge in [0, 0.05) is 0 Å². The first kappa shape index (κ1) is 18.3. The van der Waals surface area contributed by atoms with Crippen LogP contribution in [0.2, 0.25) is 0 Å². The van der Waals surface area contributed by atoms with Crippen molar-refractivity contribution in [2.24, 2.45) is 5.10 Å². The summed E-state index contributed by atoms with van der Waals surface area (Å²) in [5.41, 5.74) is 4.46. The number of hydrogen-bond acceptors (Lipinski definition) is 5. The molecule has 0 aromatic heterocycles. The minimum Gasteiger partial charge on any atom is -0.493 e.